The molecule has 88 valence electrons. The van der Waals surface area contributed by atoms with Crippen LogP contribution in [0, 0.1) is 17.2 Å². The second-order valence-electron chi connectivity index (χ2n) is 4.07. The lowest BCUT2D eigenvalue weighted by Gasteiger charge is -2.05. The SMILES string of the molecule is CC(C)COC(=O)/C(C#N)=C\c1ccccc1. The molecule has 0 saturated heterocycles. The van der Waals surface area contributed by atoms with E-state index in [9.17, 15) is 4.79 Å². The molecular formula is C14H15NO2. The lowest BCUT2D eigenvalue weighted by atomic mass is 10.1. The highest BCUT2D eigenvalue weighted by atomic mass is 16.5. The number of carbonyl (C=O) groups excluding carboxylic acids is 1. The topological polar surface area (TPSA) is 50.1 Å². The first-order valence-electron chi connectivity index (χ1n) is 5.47. The van der Waals surface area contributed by atoms with Gasteiger partial charge in [-0.3, -0.25) is 0 Å². The van der Waals surface area contributed by atoms with Crippen LogP contribution in [0.2, 0.25) is 0 Å². The highest BCUT2D eigenvalue weighted by Crippen LogP contribution is 2.08. The van der Waals surface area contributed by atoms with Gasteiger partial charge in [0.25, 0.3) is 0 Å². The van der Waals surface area contributed by atoms with Gasteiger partial charge in [-0.05, 0) is 17.6 Å². The van der Waals surface area contributed by atoms with Gasteiger partial charge in [-0.25, -0.2) is 4.79 Å². The maximum Gasteiger partial charge on any atom is 0.348 e. The molecule has 3 heteroatoms. The summed E-state index contributed by atoms with van der Waals surface area (Å²) < 4.78 is 5.00. The third-order valence-electron chi connectivity index (χ3n) is 2.00. The average molecular weight is 229 g/mol. The monoisotopic (exact) mass is 229 g/mol. The molecule has 1 aromatic rings. The van der Waals surface area contributed by atoms with Crippen molar-refractivity contribution >= 4 is 12.0 Å². The smallest absolute Gasteiger partial charge is 0.348 e. The van der Waals surface area contributed by atoms with Crippen LogP contribution < -0.4 is 0 Å². The Morgan fingerprint density at radius 3 is 2.59 bits per heavy atom. The third kappa shape index (κ3) is 4.52. The van der Waals surface area contributed by atoms with E-state index in [4.69, 9.17) is 10.00 Å². The highest BCUT2D eigenvalue weighted by Gasteiger charge is 2.11. The van der Waals surface area contributed by atoms with E-state index in [-0.39, 0.29) is 11.5 Å². The molecule has 1 aromatic carbocycles. The van der Waals surface area contributed by atoms with Crippen molar-refractivity contribution in [2.45, 2.75) is 13.8 Å². The van der Waals surface area contributed by atoms with Crippen molar-refractivity contribution in [3.8, 4) is 6.07 Å². The first-order valence-corrected chi connectivity index (χ1v) is 5.47. The van der Waals surface area contributed by atoms with Crippen molar-refractivity contribution in [1.29, 1.82) is 5.26 Å². The van der Waals surface area contributed by atoms with Crippen LogP contribution in [0.15, 0.2) is 35.9 Å². The van der Waals surface area contributed by atoms with Crippen LogP contribution in [0.5, 0.6) is 0 Å². The summed E-state index contributed by atoms with van der Waals surface area (Å²) in [5.74, 6) is -0.305. The number of nitrogens with zero attached hydrogens (tertiary/aromatic N) is 1. The summed E-state index contributed by atoms with van der Waals surface area (Å²) in [5, 5.41) is 8.90. The molecule has 0 atom stereocenters. The van der Waals surface area contributed by atoms with Crippen LogP contribution >= 0.6 is 0 Å². The zero-order chi connectivity index (χ0) is 12.7. The maximum atomic E-state index is 11.6. The number of rotatable bonds is 4. The number of esters is 1. The van der Waals surface area contributed by atoms with Crippen molar-refractivity contribution in [3.63, 3.8) is 0 Å². The third-order valence-corrected chi connectivity index (χ3v) is 2.00. The Hall–Kier alpha value is -2.08. The van der Waals surface area contributed by atoms with E-state index in [1.165, 1.54) is 6.08 Å². The molecule has 0 unspecified atom stereocenters. The molecule has 0 fully saturated rings. The van der Waals surface area contributed by atoms with Crippen molar-refractivity contribution in [3.05, 3.63) is 41.5 Å². The summed E-state index contributed by atoms with van der Waals surface area (Å²) in [6, 6.07) is 11.1. The van der Waals surface area contributed by atoms with Crippen molar-refractivity contribution in [1.82, 2.24) is 0 Å². The maximum absolute atomic E-state index is 11.6. The number of benzene rings is 1. The molecule has 17 heavy (non-hydrogen) atoms. The van der Waals surface area contributed by atoms with Gasteiger partial charge < -0.3 is 4.74 Å². The predicted octanol–water partition coefficient (Wildman–Crippen LogP) is 2.79. The van der Waals surface area contributed by atoms with Gasteiger partial charge in [0.05, 0.1) is 6.61 Å². The Kier molecular flexibility index (Phi) is 4.96. The largest absolute Gasteiger partial charge is 0.461 e. The molecule has 0 radical (unpaired) electrons. The van der Waals surface area contributed by atoms with Crippen LogP contribution in [0.4, 0.5) is 0 Å². The molecule has 0 saturated carbocycles. The Morgan fingerprint density at radius 2 is 2.06 bits per heavy atom. The summed E-state index contributed by atoms with van der Waals surface area (Å²) >= 11 is 0. The van der Waals surface area contributed by atoms with Gasteiger partial charge >= 0.3 is 5.97 Å². The summed E-state index contributed by atoms with van der Waals surface area (Å²) in [6.45, 7) is 4.22. The van der Waals surface area contributed by atoms with Crippen LogP contribution in [0.25, 0.3) is 6.08 Å². The van der Waals surface area contributed by atoms with E-state index in [1.807, 2.05) is 50.2 Å². The molecule has 1 rings (SSSR count). The molecular weight excluding hydrogens is 214 g/mol. The van der Waals surface area contributed by atoms with Gasteiger partial charge in [0, 0.05) is 0 Å². The van der Waals surface area contributed by atoms with E-state index in [0.29, 0.717) is 6.61 Å². The predicted molar refractivity (Wildman–Crippen MR) is 65.8 cm³/mol. The number of carbonyl (C=O) groups is 1. The zero-order valence-corrected chi connectivity index (χ0v) is 10.0. The lowest BCUT2D eigenvalue weighted by Crippen LogP contribution is -2.11. The van der Waals surface area contributed by atoms with Gasteiger partial charge in [0.1, 0.15) is 11.6 Å². The average Bonchev–Trinajstić information content (AvgIpc) is 2.34. The highest BCUT2D eigenvalue weighted by molar-refractivity contribution is 5.97. The van der Waals surface area contributed by atoms with Crippen LogP contribution in [0.3, 0.4) is 0 Å². The number of nitriles is 1. The van der Waals surface area contributed by atoms with E-state index >= 15 is 0 Å². The summed E-state index contributed by atoms with van der Waals surface area (Å²) in [4.78, 5) is 11.6. The van der Waals surface area contributed by atoms with Crippen molar-refractivity contribution < 1.29 is 9.53 Å². The van der Waals surface area contributed by atoms with Crippen LogP contribution in [-0.2, 0) is 9.53 Å². The summed E-state index contributed by atoms with van der Waals surface area (Å²) in [7, 11) is 0. The molecule has 0 aliphatic carbocycles. The van der Waals surface area contributed by atoms with E-state index in [2.05, 4.69) is 0 Å². The Morgan fingerprint density at radius 1 is 1.41 bits per heavy atom. The van der Waals surface area contributed by atoms with Gasteiger partial charge in [0.2, 0.25) is 0 Å². The molecule has 0 aliphatic rings. The minimum absolute atomic E-state index is 0.0249. The van der Waals surface area contributed by atoms with Crippen molar-refractivity contribution in [2.75, 3.05) is 6.61 Å². The second kappa shape index (κ2) is 6.49. The number of ether oxygens (including phenoxy) is 1. The first kappa shape index (κ1) is 13.0. The van der Waals surface area contributed by atoms with E-state index < -0.39 is 5.97 Å². The quantitative estimate of drug-likeness (QED) is 0.453. The summed E-state index contributed by atoms with van der Waals surface area (Å²) in [6.07, 6.45) is 1.53. The Labute approximate surface area is 101 Å². The van der Waals surface area contributed by atoms with E-state index in [1.54, 1.807) is 0 Å². The van der Waals surface area contributed by atoms with Crippen molar-refractivity contribution in [2.24, 2.45) is 5.92 Å². The first-order chi connectivity index (χ1) is 8.13. The van der Waals surface area contributed by atoms with Crippen LogP contribution in [-0.4, -0.2) is 12.6 Å². The van der Waals surface area contributed by atoms with E-state index in [0.717, 1.165) is 5.56 Å². The van der Waals surface area contributed by atoms with Gasteiger partial charge in [-0.15, -0.1) is 0 Å². The van der Waals surface area contributed by atoms with Gasteiger partial charge in [-0.1, -0.05) is 44.2 Å². The fourth-order valence-electron chi connectivity index (χ4n) is 1.17. The molecule has 3 nitrogen and oxygen atoms in total. The number of hydrogen-bond acceptors (Lipinski definition) is 3. The molecule has 0 spiro atoms. The van der Waals surface area contributed by atoms with Gasteiger partial charge in [0.15, 0.2) is 0 Å². The fourth-order valence-corrected chi connectivity index (χ4v) is 1.17. The minimum Gasteiger partial charge on any atom is -0.461 e. The second-order valence-corrected chi connectivity index (χ2v) is 4.07. The molecule has 0 heterocycles. The Bertz CT molecular complexity index is 441. The lowest BCUT2D eigenvalue weighted by molar-refractivity contribution is -0.139. The Balaban J connectivity index is 2.75. The normalized spacial score (nSPS) is 11.1. The van der Waals surface area contributed by atoms with Crippen LogP contribution in [0.1, 0.15) is 19.4 Å². The fraction of sp³-hybridized carbons (Fsp3) is 0.286. The molecule has 0 bridgehead atoms. The number of hydrogen-bond donors (Lipinski definition) is 0. The molecule has 0 N–H and O–H groups in total. The standard InChI is InChI=1S/C14H15NO2/c1-11(2)10-17-14(16)13(9-15)8-12-6-4-3-5-7-12/h3-8,11H,10H2,1-2H3/b13-8-. The summed E-state index contributed by atoms with van der Waals surface area (Å²) in [5.41, 5.74) is 0.836. The minimum atomic E-state index is -0.565. The molecule has 0 aromatic heterocycles. The molecule has 0 aliphatic heterocycles. The molecule has 0 amide bonds. The zero-order valence-electron chi connectivity index (χ0n) is 10.0. The van der Waals surface area contributed by atoms with Gasteiger partial charge in [-0.2, -0.15) is 5.26 Å².